The summed E-state index contributed by atoms with van der Waals surface area (Å²) in [5.41, 5.74) is 3.38. The Labute approximate surface area is 159 Å². The molecule has 0 atom stereocenters. The monoisotopic (exact) mass is 361 g/mol. The van der Waals surface area contributed by atoms with Gasteiger partial charge in [-0.1, -0.05) is 35.9 Å². The molecule has 0 saturated carbocycles. The third kappa shape index (κ3) is 4.73. The Bertz CT molecular complexity index is 860. The quantitative estimate of drug-likeness (QED) is 0.841. The molecule has 0 spiro atoms. The van der Waals surface area contributed by atoms with Crippen LogP contribution in [0.1, 0.15) is 33.5 Å². The van der Waals surface area contributed by atoms with Gasteiger partial charge in [-0.2, -0.15) is 5.26 Å². The topological polar surface area (TPSA) is 64.4 Å². The number of hydrogen-bond acceptors (Lipinski definition) is 3. The molecule has 0 unspecified atom stereocenters. The van der Waals surface area contributed by atoms with Crippen LogP contribution >= 0.6 is 0 Å². The standard InChI is InChI=1S/C22H23N3O2/c1-17-5-7-18(8-6-17)9-10-21(26)24-11-13-25(14-12-24)22(27)20-4-2-3-19(15-20)16-23/h2-8,15H,9-14H2,1H3. The number of benzene rings is 2. The Morgan fingerprint density at radius 1 is 1.00 bits per heavy atom. The van der Waals surface area contributed by atoms with Gasteiger partial charge in [0.1, 0.15) is 0 Å². The first-order chi connectivity index (χ1) is 13.1. The molecule has 5 heteroatoms. The van der Waals surface area contributed by atoms with E-state index in [2.05, 4.69) is 30.3 Å². The van der Waals surface area contributed by atoms with Crippen molar-refractivity contribution < 1.29 is 9.59 Å². The maximum absolute atomic E-state index is 12.6. The number of carbonyl (C=O) groups is 2. The van der Waals surface area contributed by atoms with Crippen LogP contribution in [0.4, 0.5) is 0 Å². The zero-order chi connectivity index (χ0) is 19.2. The van der Waals surface area contributed by atoms with Crippen molar-refractivity contribution in [3.63, 3.8) is 0 Å². The van der Waals surface area contributed by atoms with Gasteiger partial charge >= 0.3 is 0 Å². The van der Waals surface area contributed by atoms with Gasteiger partial charge in [-0.05, 0) is 37.1 Å². The highest BCUT2D eigenvalue weighted by molar-refractivity contribution is 5.94. The van der Waals surface area contributed by atoms with E-state index >= 15 is 0 Å². The van der Waals surface area contributed by atoms with Crippen LogP contribution in [0.3, 0.4) is 0 Å². The third-order valence-electron chi connectivity index (χ3n) is 4.91. The summed E-state index contributed by atoms with van der Waals surface area (Å²) in [6, 6.07) is 17.0. The molecule has 0 radical (unpaired) electrons. The van der Waals surface area contributed by atoms with Crippen molar-refractivity contribution in [3.05, 3.63) is 70.8 Å². The van der Waals surface area contributed by atoms with Gasteiger partial charge in [-0.15, -0.1) is 0 Å². The summed E-state index contributed by atoms with van der Waals surface area (Å²) in [7, 11) is 0. The molecule has 1 fully saturated rings. The van der Waals surface area contributed by atoms with E-state index in [-0.39, 0.29) is 11.8 Å². The Balaban J connectivity index is 1.50. The van der Waals surface area contributed by atoms with Gasteiger partial charge in [-0.3, -0.25) is 9.59 Å². The van der Waals surface area contributed by atoms with Crippen LogP contribution < -0.4 is 0 Å². The van der Waals surface area contributed by atoms with Gasteiger partial charge in [0.05, 0.1) is 11.6 Å². The lowest BCUT2D eigenvalue weighted by molar-refractivity contribution is -0.132. The molecule has 1 saturated heterocycles. The SMILES string of the molecule is Cc1ccc(CCC(=O)N2CCN(C(=O)c3cccc(C#N)c3)CC2)cc1. The van der Waals surface area contributed by atoms with Crippen LogP contribution in [0.25, 0.3) is 0 Å². The number of nitrogens with zero attached hydrogens (tertiary/aromatic N) is 3. The summed E-state index contributed by atoms with van der Waals surface area (Å²) in [6.45, 7) is 4.19. The van der Waals surface area contributed by atoms with E-state index in [1.807, 2.05) is 11.8 Å². The van der Waals surface area contributed by atoms with Crippen molar-refractivity contribution in [2.24, 2.45) is 0 Å². The third-order valence-corrected chi connectivity index (χ3v) is 4.91. The number of nitriles is 1. The number of carbonyl (C=O) groups excluding carboxylic acids is 2. The molecule has 138 valence electrons. The van der Waals surface area contributed by atoms with Crippen LogP contribution in [0.2, 0.25) is 0 Å². The average Bonchev–Trinajstić information content (AvgIpc) is 2.72. The summed E-state index contributed by atoms with van der Waals surface area (Å²) in [5, 5.41) is 8.98. The Morgan fingerprint density at radius 3 is 2.33 bits per heavy atom. The highest BCUT2D eigenvalue weighted by Gasteiger charge is 2.24. The summed E-state index contributed by atoms with van der Waals surface area (Å²) in [4.78, 5) is 28.6. The average molecular weight is 361 g/mol. The van der Waals surface area contributed by atoms with Crippen molar-refractivity contribution in [1.29, 1.82) is 5.26 Å². The Hall–Kier alpha value is -3.13. The smallest absolute Gasteiger partial charge is 0.254 e. The largest absolute Gasteiger partial charge is 0.339 e. The first-order valence-electron chi connectivity index (χ1n) is 9.19. The first kappa shape index (κ1) is 18.7. The zero-order valence-corrected chi connectivity index (χ0v) is 15.5. The molecular formula is C22H23N3O2. The highest BCUT2D eigenvalue weighted by atomic mass is 16.2. The van der Waals surface area contributed by atoms with E-state index in [0.717, 1.165) is 6.42 Å². The fourth-order valence-corrected chi connectivity index (χ4v) is 3.23. The van der Waals surface area contributed by atoms with Gasteiger partial charge in [-0.25, -0.2) is 0 Å². The molecule has 2 amide bonds. The van der Waals surface area contributed by atoms with Crippen molar-refractivity contribution >= 4 is 11.8 Å². The molecule has 0 aliphatic carbocycles. The number of hydrogen-bond donors (Lipinski definition) is 0. The lowest BCUT2D eigenvalue weighted by Gasteiger charge is -2.35. The minimum atomic E-state index is -0.0844. The minimum Gasteiger partial charge on any atom is -0.339 e. The summed E-state index contributed by atoms with van der Waals surface area (Å²) in [5.74, 6) is 0.0491. The highest BCUT2D eigenvalue weighted by Crippen LogP contribution is 2.13. The van der Waals surface area contributed by atoms with Crippen LogP contribution in [-0.4, -0.2) is 47.8 Å². The summed E-state index contributed by atoms with van der Waals surface area (Å²) in [6.07, 6.45) is 1.22. The van der Waals surface area contributed by atoms with Crippen molar-refractivity contribution in [1.82, 2.24) is 9.80 Å². The molecule has 0 bridgehead atoms. The summed E-state index contributed by atoms with van der Waals surface area (Å²) < 4.78 is 0. The fraction of sp³-hybridized carbons (Fsp3) is 0.318. The van der Waals surface area contributed by atoms with Crippen LogP contribution in [0.15, 0.2) is 48.5 Å². The molecule has 3 rings (SSSR count). The number of amides is 2. The normalized spacial score (nSPS) is 13.9. The van der Waals surface area contributed by atoms with Gasteiger partial charge in [0.2, 0.25) is 5.91 Å². The second-order valence-corrected chi connectivity index (χ2v) is 6.85. The van der Waals surface area contributed by atoms with Gasteiger partial charge in [0, 0.05) is 38.2 Å². The van der Waals surface area contributed by atoms with E-state index in [4.69, 9.17) is 5.26 Å². The molecule has 27 heavy (non-hydrogen) atoms. The molecule has 2 aromatic carbocycles. The maximum atomic E-state index is 12.6. The molecule has 1 heterocycles. The second kappa shape index (κ2) is 8.50. The fourth-order valence-electron chi connectivity index (χ4n) is 3.23. The van der Waals surface area contributed by atoms with E-state index < -0.39 is 0 Å². The van der Waals surface area contributed by atoms with Gasteiger partial charge < -0.3 is 9.80 Å². The van der Waals surface area contributed by atoms with Gasteiger partial charge in [0.25, 0.3) is 5.91 Å². The number of aryl methyl sites for hydroxylation is 2. The lowest BCUT2D eigenvalue weighted by Crippen LogP contribution is -2.50. The van der Waals surface area contributed by atoms with Crippen LogP contribution in [0.5, 0.6) is 0 Å². The lowest BCUT2D eigenvalue weighted by atomic mass is 10.1. The van der Waals surface area contributed by atoms with Crippen LogP contribution in [-0.2, 0) is 11.2 Å². The molecule has 1 aliphatic rings. The van der Waals surface area contributed by atoms with E-state index in [9.17, 15) is 9.59 Å². The van der Waals surface area contributed by atoms with E-state index in [1.54, 1.807) is 29.2 Å². The second-order valence-electron chi connectivity index (χ2n) is 6.85. The minimum absolute atomic E-state index is 0.0844. The van der Waals surface area contributed by atoms with Crippen molar-refractivity contribution in [2.45, 2.75) is 19.8 Å². The molecule has 0 N–H and O–H groups in total. The molecule has 5 nitrogen and oxygen atoms in total. The van der Waals surface area contributed by atoms with Crippen molar-refractivity contribution in [3.8, 4) is 6.07 Å². The van der Waals surface area contributed by atoms with E-state index in [0.29, 0.717) is 43.7 Å². The first-order valence-corrected chi connectivity index (χ1v) is 9.19. The molecule has 2 aromatic rings. The van der Waals surface area contributed by atoms with E-state index in [1.165, 1.54) is 11.1 Å². The number of piperazine rings is 1. The van der Waals surface area contributed by atoms with Crippen LogP contribution in [0, 0.1) is 18.3 Å². The summed E-state index contributed by atoms with van der Waals surface area (Å²) >= 11 is 0. The van der Waals surface area contributed by atoms with Gasteiger partial charge in [0.15, 0.2) is 0 Å². The molecule has 1 aliphatic heterocycles. The maximum Gasteiger partial charge on any atom is 0.254 e. The van der Waals surface area contributed by atoms with Crippen molar-refractivity contribution in [2.75, 3.05) is 26.2 Å². The molecular weight excluding hydrogens is 338 g/mol. The Morgan fingerprint density at radius 2 is 1.67 bits per heavy atom. The predicted molar refractivity (Wildman–Crippen MR) is 103 cm³/mol. The number of rotatable bonds is 4. The zero-order valence-electron chi connectivity index (χ0n) is 15.5. The predicted octanol–water partition coefficient (Wildman–Crippen LogP) is 2.78. The Kier molecular flexibility index (Phi) is 5.87. The molecule has 0 aromatic heterocycles.